The number of rotatable bonds is 5. The van der Waals surface area contributed by atoms with E-state index < -0.39 is 0 Å². The van der Waals surface area contributed by atoms with Crippen molar-refractivity contribution < 1.29 is 14.5 Å². The van der Waals surface area contributed by atoms with Gasteiger partial charge in [0.1, 0.15) is 5.75 Å². The van der Waals surface area contributed by atoms with Crippen molar-refractivity contribution in [1.82, 2.24) is 0 Å². The van der Waals surface area contributed by atoms with E-state index in [-0.39, 0.29) is 19.6 Å². The highest BCUT2D eigenvalue weighted by Gasteiger charge is 2.33. The molecule has 1 heterocycles. The lowest BCUT2D eigenvalue weighted by Crippen LogP contribution is -2.26. The lowest BCUT2D eigenvalue weighted by molar-refractivity contribution is 0.221. The average Bonchev–Trinajstić information content (AvgIpc) is 2.68. The molecular weight excluding hydrogens is 215 g/mol. The van der Waals surface area contributed by atoms with Crippen molar-refractivity contribution in [1.29, 1.82) is 0 Å². The lowest BCUT2D eigenvalue weighted by atomic mass is 9.63. The van der Waals surface area contributed by atoms with E-state index in [1.807, 2.05) is 12.1 Å². The van der Waals surface area contributed by atoms with Gasteiger partial charge in [-0.3, -0.25) is 0 Å². The summed E-state index contributed by atoms with van der Waals surface area (Å²) in [5.41, 5.74) is 2.43. The highest BCUT2D eigenvalue weighted by molar-refractivity contribution is 6.68. The minimum absolute atomic E-state index is 0.0975. The fourth-order valence-electron chi connectivity index (χ4n) is 2.35. The molecule has 1 atom stereocenters. The van der Waals surface area contributed by atoms with Crippen LogP contribution in [0.4, 0.5) is 0 Å². The standard InChI is InChI=1S/C13H19BO3/c1-3-11-10-6-4-7-12(16-9-5-8-15)13(10)14(2)17-11/h4,6-7,11,15H,3,5,8-9H2,1-2H3. The van der Waals surface area contributed by atoms with Crippen molar-refractivity contribution in [2.75, 3.05) is 13.2 Å². The predicted molar refractivity (Wildman–Crippen MR) is 69.0 cm³/mol. The number of fused-ring (bicyclic) bond motifs is 1. The Hall–Kier alpha value is -0.995. The van der Waals surface area contributed by atoms with E-state index in [0.29, 0.717) is 13.0 Å². The van der Waals surface area contributed by atoms with Gasteiger partial charge in [-0.25, -0.2) is 0 Å². The first-order valence-corrected chi connectivity index (χ1v) is 6.29. The van der Waals surface area contributed by atoms with Gasteiger partial charge in [0.25, 0.3) is 0 Å². The number of benzene rings is 1. The van der Waals surface area contributed by atoms with E-state index in [4.69, 9.17) is 14.5 Å². The van der Waals surface area contributed by atoms with Gasteiger partial charge in [0.2, 0.25) is 0 Å². The number of aliphatic hydroxyl groups excluding tert-OH is 1. The smallest absolute Gasteiger partial charge is 0.328 e. The van der Waals surface area contributed by atoms with Gasteiger partial charge in [-0.05, 0) is 23.5 Å². The van der Waals surface area contributed by atoms with Crippen molar-refractivity contribution in [3.8, 4) is 5.75 Å². The molecule has 0 aliphatic carbocycles. The fourth-order valence-corrected chi connectivity index (χ4v) is 2.35. The fraction of sp³-hybridized carbons (Fsp3) is 0.538. The molecule has 0 spiro atoms. The second-order valence-electron chi connectivity index (χ2n) is 4.36. The Balaban J connectivity index is 2.21. The third-order valence-corrected chi connectivity index (χ3v) is 3.15. The molecule has 0 amide bonds. The Morgan fingerprint density at radius 2 is 2.29 bits per heavy atom. The van der Waals surface area contributed by atoms with Crippen molar-refractivity contribution in [2.45, 2.75) is 32.7 Å². The highest BCUT2D eigenvalue weighted by Crippen LogP contribution is 2.30. The van der Waals surface area contributed by atoms with Crippen LogP contribution in [0.1, 0.15) is 31.4 Å². The first-order chi connectivity index (χ1) is 8.27. The van der Waals surface area contributed by atoms with E-state index in [2.05, 4.69) is 19.8 Å². The van der Waals surface area contributed by atoms with E-state index in [9.17, 15) is 0 Å². The molecule has 17 heavy (non-hydrogen) atoms. The normalized spacial score (nSPS) is 18.3. The van der Waals surface area contributed by atoms with Crippen molar-refractivity contribution in [3.05, 3.63) is 23.8 Å². The molecule has 0 saturated heterocycles. The maximum absolute atomic E-state index is 8.77. The van der Waals surface area contributed by atoms with Crippen LogP contribution in [0.2, 0.25) is 6.82 Å². The Morgan fingerprint density at radius 1 is 1.47 bits per heavy atom. The average molecular weight is 234 g/mol. The van der Waals surface area contributed by atoms with E-state index in [0.717, 1.165) is 12.2 Å². The van der Waals surface area contributed by atoms with Gasteiger partial charge in [-0.15, -0.1) is 0 Å². The van der Waals surface area contributed by atoms with Crippen LogP contribution in [0.5, 0.6) is 5.75 Å². The lowest BCUT2D eigenvalue weighted by Gasteiger charge is -2.11. The van der Waals surface area contributed by atoms with Gasteiger partial charge in [-0.2, -0.15) is 0 Å². The zero-order chi connectivity index (χ0) is 12.3. The number of hydrogen-bond donors (Lipinski definition) is 1. The summed E-state index contributed by atoms with van der Waals surface area (Å²) in [6.45, 7) is 5.01. The van der Waals surface area contributed by atoms with Crippen molar-refractivity contribution in [3.63, 3.8) is 0 Å². The van der Waals surface area contributed by atoms with Crippen LogP contribution in [-0.2, 0) is 4.65 Å². The molecule has 1 aromatic carbocycles. The van der Waals surface area contributed by atoms with Gasteiger partial charge in [-0.1, -0.05) is 25.9 Å². The van der Waals surface area contributed by atoms with Crippen LogP contribution < -0.4 is 10.2 Å². The molecule has 1 N–H and O–H groups in total. The largest absolute Gasteiger partial charge is 0.494 e. The first kappa shape index (κ1) is 12.5. The molecule has 1 aliphatic rings. The zero-order valence-electron chi connectivity index (χ0n) is 10.5. The molecule has 1 unspecified atom stereocenters. The first-order valence-electron chi connectivity index (χ1n) is 6.29. The van der Waals surface area contributed by atoms with Crippen LogP contribution in [0.3, 0.4) is 0 Å². The maximum Gasteiger partial charge on any atom is 0.328 e. The molecule has 0 bridgehead atoms. The summed E-state index contributed by atoms with van der Waals surface area (Å²) in [4.78, 5) is 0. The Bertz CT molecular complexity index is 381. The van der Waals surface area contributed by atoms with Crippen molar-refractivity contribution in [2.24, 2.45) is 0 Å². The summed E-state index contributed by atoms with van der Waals surface area (Å²) in [5, 5.41) is 8.77. The van der Waals surface area contributed by atoms with E-state index in [1.54, 1.807) is 0 Å². The van der Waals surface area contributed by atoms with E-state index in [1.165, 1.54) is 11.0 Å². The maximum atomic E-state index is 8.77. The minimum atomic E-state index is 0.0975. The molecule has 0 radical (unpaired) electrons. The van der Waals surface area contributed by atoms with Crippen LogP contribution in [0.15, 0.2) is 18.2 Å². The van der Waals surface area contributed by atoms with Gasteiger partial charge >= 0.3 is 6.92 Å². The van der Waals surface area contributed by atoms with Gasteiger partial charge < -0.3 is 14.5 Å². The Morgan fingerprint density at radius 3 is 3.00 bits per heavy atom. The third-order valence-electron chi connectivity index (χ3n) is 3.15. The van der Waals surface area contributed by atoms with Crippen LogP contribution >= 0.6 is 0 Å². The summed E-state index contributed by atoms with van der Waals surface area (Å²) < 4.78 is 11.6. The molecule has 3 nitrogen and oxygen atoms in total. The third kappa shape index (κ3) is 2.48. The molecule has 0 saturated carbocycles. The summed E-state index contributed by atoms with van der Waals surface area (Å²) in [6.07, 6.45) is 1.84. The SMILES string of the molecule is CCC1OB(C)c2c(OCCCO)cccc21. The van der Waals surface area contributed by atoms with Crippen LogP contribution in [0.25, 0.3) is 0 Å². The molecule has 1 aromatic rings. The molecule has 0 aromatic heterocycles. The zero-order valence-corrected chi connectivity index (χ0v) is 10.5. The quantitative estimate of drug-likeness (QED) is 0.623. The Labute approximate surface area is 103 Å². The van der Waals surface area contributed by atoms with Gasteiger partial charge in [0.05, 0.1) is 12.7 Å². The summed E-state index contributed by atoms with van der Waals surface area (Å²) in [7, 11) is 0. The summed E-state index contributed by atoms with van der Waals surface area (Å²) in [5.74, 6) is 0.902. The predicted octanol–water partition coefficient (Wildman–Crippen LogP) is 1.76. The highest BCUT2D eigenvalue weighted by atomic mass is 16.5. The number of ether oxygens (including phenoxy) is 1. The number of aliphatic hydroxyl groups is 1. The Kier molecular flexibility index (Phi) is 4.08. The van der Waals surface area contributed by atoms with E-state index >= 15 is 0 Å². The van der Waals surface area contributed by atoms with Crippen LogP contribution in [-0.4, -0.2) is 25.2 Å². The molecule has 0 fully saturated rings. The molecule has 1 aliphatic heterocycles. The minimum Gasteiger partial charge on any atom is -0.494 e. The molecule has 4 heteroatoms. The molecule has 92 valence electrons. The summed E-state index contributed by atoms with van der Waals surface area (Å²) >= 11 is 0. The van der Waals surface area contributed by atoms with Gasteiger partial charge in [0, 0.05) is 13.0 Å². The molecule has 2 rings (SSSR count). The molecular formula is C13H19BO3. The van der Waals surface area contributed by atoms with Crippen molar-refractivity contribution >= 4 is 12.4 Å². The second kappa shape index (κ2) is 5.56. The number of hydrogen-bond acceptors (Lipinski definition) is 3. The van der Waals surface area contributed by atoms with Gasteiger partial charge in [0.15, 0.2) is 0 Å². The second-order valence-corrected chi connectivity index (χ2v) is 4.36. The topological polar surface area (TPSA) is 38.7 Å². The monoisotopic (exact) mass is 234 g/mol. The summed E-state index contributed by atoms with van der Waals surface area (Å²) in [6, 6.07) is 6.11. The van der Waals surface area contributed by atoms with Crippen LogP contribution in [0, 0.1) is 0 Å².